The zero-order valence-electron chi connectivity index (χ0n) is 24.5. The molecule has 0 saturated heterocycles. The van der Waals surface area contributed by atoms with E-state index in [0.717, 1.165) is 0 Å². The topological polar surface area (TPSA) is 168 Å². The number of carbonyl (C=O) groups excluding carboxylic acids is 5. The van der Waals surface area contributed by atoms with E-state index in [9.17, 15) is 34.2 Å². The van der Waals surface area contributed by atoms with Crippen LogP contribution >= 0.6 is 0 Å². The number of phenols is 1. The van der Waals surface area contributed by atoms with Crippen LogP contribution in [0.1, 0.15) is 33.5 Å². The van der Waals surface area contributed by atoms with Gasteiger partial charge in [0.15, 0.2) is 34.7 Å². The number of methoxy groups -OCH3 is 1. The van der Waals surface area contributed by atoms with Crippen molar-refractivity contribution in [1.82, 2.24) is 4.90 Å². The molecule has 43 heavy (non-hydrogen) atoms. The zero-order valence-corrected chi connectivity index (χ0v) is 24.5. The second-order valence-electron chi connectivity index (χ2n) is 11.8. The maximum absolute atomic E-state index is 14.1. The Balaban J connectivity index is 1.64. The van der Waals surface area contributed by atoms with Gasteiger partial charge in [0.2, 0.25) is 5.91 Å². The summed E-state index contributed by atoms with van der Waals surface area (Å²) in [6.45, 7) is 0. The van der Waals surface area contributed by atoms with E-state index >= 15 is 0 Å². The number of amides is 1. The first-order valence-electron chi connectivity index (χ1n) is 13.8. The fourth-order valence-corrected chi connectivity index (χ4v) is 6.99. The van der Waals surface area contributed by atoms with Gasteiger partial charge in [0.25, 0.3) is 0 Å². The highest BCUT2D eigenvalue weighted by Gasteiger charge is 2.69. The Hall–Kier alpha value is -4.53. The molecule has 2 aromatic rings. The predicted molar refractivity (Wildman–Crippen MR) is 155 cm³/mol. The van der Waals surface area contributed by atoms with Crippen LogP contribution in [0.4, 0.5) is 5.69 Å². The number of benzene rings is 2. The van der Waals surface area contributed by atoms with Crippen LogP contribution in [0.15, 0.2) is 30.3 Å². The quantitative estimate of drug-likeness (QED) is 0.335. The summed E-state index contributed by atoms with van der Waals surface area (Å²) in [5, 5.41) is 23.1. The van der Waals surface area contributed by atoms with Crippen LogP contribution in [0.5, 0.6) is 11.5 Å². The van der Waals surface area contributed by atoms with Crippen molar-refractivity contribution in [1.29, 1.82) is 0 Å². The molecule has 4 N–H and O–H groups in total. The number of nitrogens with two attached hydrogens (primary N) is 1. The summed E-state index contributed by atoms with van der Waals surface area (Å²) < 4.78 is 5.24. The van der Waals surface area contributed by atoms with Gasteiger partial charge in [-0.05, 0) is 62.7 Å². The number of aliphatic hydroxyl groups is 1. The van der Waals surface area contributed by atoms with E-state index in [-0.39, 0.29) is 24.0 Å². The summed E-state index contributed by atoms with van der Waals surface area (Å²) in [6, 6.07) is 7.52. The minimum atomic E-state index is -2.78. The van der Waals surface area contributed by atoms with Crippen LogP contribution in [0, 0.1) is 35.5 Å². The van der Waals surface area contributed by atoms with Crippen molar-refractivity contribution in [2.45, 2.75) is 24.5 Å². The van der Waals surface area contributed by atoms with E-state index in [1.54, 1.807) is 63.4 Å². The van der Waals surface area contributed by atoms with Crippen LogP contribution in [0.2, 0.25) is 0 Å². The van der Waals surface area contributed by atoms with Crippen LogP contribution in [-0.2, 0) is 25.6 Å². The Morgan fingerprint density at radius 1 is 1.07 bits per heavy atom. The van der Waals surface area contributed by atoms with E-state index in [0.29, 0.717) is 22.6 Å². The average molecular weight is 588 g/mol. The monoisotopic (exact) mass is 587 g/mol. The van der Waals surface area contributed by atoms with Gasteiger partial charge in [-0.3, -0.25) is 28.9 Å². The summed E-state index contributed by atoms with van der Waals surface area (Å²) in [7, 11) is 8.17. The lowest BCUT2D eigenvalue weighted by atomic mass is 9.52. The molecule has 0 radical (unpaired) electrons. The maximum Gasteiger partial charge on any atom is 0.235 e. The van der Waals surface area contributed by atoms with E-state index in [4.69, 9.17) is 10.5 Å². The molecule has 3 aliphatic carbocycles. The molecule has 0 aliphatic heterocycles. The largest absolute Gasteiger partial charge is 0.506 e. The van der Waals surface area contributed by atoms with Crippen molar-refractivity contribution >= 4 is 34.7 Å². The van der Waals surface area contributed by atoms with Crippen molar-refractivity contribution in [2.24, 2.45) is 29.4 Å². The standard InChI is InChI=1S/C32H33N3O8/c1-34(2)21-14-16(10-9-15-7-6-8-18(11-15)43-5)26(36)23-19(21)12-17-13-20-25(35(3)4)28(38)24(31(33)41)30(40)32(20,42)29(39)22(17)27(23)37/h6-8,11,14,17,20,22,24-25,36,42H,12-13H2,1-5H3,(H2,33,41)/t17?,20?,22?,24?,25-,32-/m0/s1. The summed E-state index contributed by atoms with van der Waals surface area (Å²) in [5.74, 6) is -4.49. The number of anilines is 1. The Labute approximate surface area is 248 Å². The molecule has 0 aromatic heterocycles. The third-order valence-corrected chi connectivity index (χ3v) is 8.93. The summed E-state index contributed by atoms with van der Waals surface area (Å²) in [4.78, 5) is 70.3. The molecule has 2 aromatic carbocycles. The molecule has 2 fully saturated rings. The molecule has 1 amide bonds. The molecule has 0 spiro atoms. The van der Waals surface area contributed by atoms with E-state index in [1.807, 2.05) is 0 Å². The molecule has 4 unspecified atom stereocenters. The first-order chi connectivity index (χ1) is 20.2. The predicted octanol–water partition coefficient (Wildman–Crippen LogP) is 0.341. The van der Waals surface area contributed by atoms with Gasteiger partial charge in [-0.1, -0.05) is 17.9 Å². The molecule has 2 saturated carbocycles. The van der Waals surface area contributed by atoms with E-state index in [1.165, 1.54) is 12.0 Å². The number of rotatable bonds is 4. The smallest absolute Gasteiger partial charge is 0.235 e. The third kappa shape index (κ3) is 4.49. The van der Waals surface area contributed by atoms with Crippen LogP contribution < -0.4 is 15.4 Å². The minimum absolute atomic E-state index is 0.0189. The van der Waals surface area contributed by atoms with Gasteiger partial charge in [0.05, 0.1) is 30.2 Å². The molecule has 11 heteroatoms. The number of primary amides is 1. The highest BCUT2D eigenvalue weighted by molar-refractivity contribution is 6.32. The number of Topliss-reactive ketones (excluding diaryl/α,β-unsaturated/α-hetero) is 4. The lowest BCUT2D eigenvalue weighted by molar-refractivity contribution is -0.181. The molecular formula is C32H33N3O8. The van der Waals surface area contributed by atoms with Crippen LogP contribution in [0.3, 0.4) is 0 Å². The molecule has 6 atom stereocenters. The highest BCUT2D eigenvalue weighted by atomic mass is 16.5. The van der Waals surface area contributed by atoms with Crippen molar-refractivity contribution in [3.05, 3.63) is 52.6 Å². The highest BCUT2D eigenvalue weighted by Crippen LogP contribution is 2.52. The molecule has 0 bridgehead atoms. The second-order valence-corrected chi connectivity index (χ2v) is 11.8. The molecular weight excluding hydrogens is 554 g/mol. The SMILES string of the molecule is COc1cccc(C#Cc2cc(N(C)C)c3c(c2O)C(=O)C2C(=O)[C@]4(O)C(=O)C(C(N)=O)C(=O)[C@@H](N(C)C)C4CC2C3)c1. The van der Waals surface area contributed by atoms with Crippen molar-refractivity contribution in [2.75, 3.05) is 40.2 Å². The number of likely N-dealkylation sites (N-methyl/N-ethyl adjacent to an activating group) is 1. The number of fused-ring (bicyclic) bond motifs is 3. The number of carbonyl (C=O) groups is 5. The third-order valence-electron chi connectivity index (χ3n) is 8.93. The Bertz CT molecular complexity index is 1650. The fraction of sp³-hybridized carbons (Fsp3) is 0.406. The molecule has 0 heterocycles. The van der Waals surface area contributed by atoms with Gasteiger partial charge < -0.3 is 25.6 Å². The molecule has 3 aliphatic rings. The summed E-state index contributed by atoms with van der Waals surface area (Å²) >= 11 is 0. The number of phenolic OH excluding ortho intramolecular Hbond substituents is 1. The number of hydrogen-bond acceptors (Lipinski definition) is 10. The maximum atomic E-state index is 14.1. The van der Waals surface area contributed by atoms with Gasteiger partial charge >= 0.3 is 0 Å². The Kier molecular flexibility index (Phi) is 7.40. The van der Waals surface area contributed by atoms with Gasteiger partial charge in [-0.15, -0.1) is 0 Å². The number of nitrogens with zero attached hydrogens (tertiary/aromatic N) is 2. The second kappa shape index (κ2) is 10.6. The zero-order chi connectivity index (χ0) is 31.5. The van der Waals surface area contributed by atoms with Crippen LogP contribution in [0.25, 0.3) is 0 Å². The Morgan fingerprint density at radius 2 is 1.77 bits per heavy atom. The van der Waals surface area contributed by atoms with Crippen molar-refractivity contribution in [3.63, 3.8) is 0 Å². The van der Waals surface area contributed by atoms with Crippen LogP contribution in [-0.4, -0.2) is 91.1 Å². The van der Waals surface area contributed by atoms with Gasteiger partial charge in [0.1, 0.15) is 11.5 Å². The number of ketones is 4. The average Bonchev–Trinajstić information content (AvgIpc) is 2.94. The normalized spacial score (nSPS) is 27.9. The first-order valence-corrected chi connectivity index (χ1v) is 13.8. The van der Waals surface area contributed by atoms with E-state index < -0.39 is 70.1 Å². The van der Waals surface area contributed by atoms with E-state index in [2.05, 4.69) is 11.8 Å². The van der Waals surface area contributed by atoms with Gasteiger partial charge in [-0.2, -0.15) is 0 Å². The summed E-state index contributed by atoms with van der Waals surface area (Å²) in [5.41, 5.74) is 4.37. The molecule has 5 rings (SSSR count). The first kappa shape index (κ1) is 29.9. The minimum Gasteiger partial charge on any atom is -0.506 e. The van der Waals surface area contributed by atoms with Crippen molar-refractivity contribution in [3.8, 4) is 23.3 Å². The summed E-state index contributed by atoms with van der Waals surface area (Å²) in [6.07, 6.45) is 0.144. The number of hydrogen-bond donors (Lipinski definition) is 3. The lowest BCUT2D eigenvalue weighted by Crippen LogP contribution is -2.74. The fourth-order valence-electron chi connectivity index (χ4n) is 6.99. The van der Waals surface area contributed by atoms with Gasteiger partial charge in [0, 0.05) is 31.3 Å². The number of aromatic hydroxyl groups is 1. The van der Waals surface area contributed by atoms with Crippen molar-refractivity contribution < 1.29 is 38.9 Å². The molecule has 11 nitrogen and oxygen atoms in total. The lowest BCUT2D eigenvalue weighted by Gasteiger charge is -2.52. The Morgan fingerprint density at radius 3 is 2.37 bits per heavy atom. The number of ether oxygens (including phenoxy) is 1. The molecule has 224 valence electrons. The van der Waals surface area contributed by atoms with Gasteiger partial charge in [-0.25, -0.2) is 0 Å².